The highest BCUT2D eigenvalue weighted by molar-refractivity contribution is 5.79. The average Bonchev–Trinajstić information content (AvgIpc) is 2.64. The van der Waals surface area contributed by atoms with Crippen molar-refractivity contribution >= 4 is 5.96 Å². The lowest BCUT2D eigenvalue weighted by atomic mass is 10.1. The van der Waals surface area contributed by atoms with E-state index in [1.54, 1.807) is 31.3 Å². The van der Waals surface area contributed by atoms with Crippen molar-refractivity contribution in [2.75, 3.05) is 7.05 Å². The monoisotopic (exact) mass is 358 g/mol. The molecule has 2 N–H and O–H groups in total. The maximum absolute atomic E-state index is 12.5. The lowest BCUT2D eigenvalue weighted by Crippen LogP contribution is -2.36. The minimum Gasteiger partial charge on any atom is -0.434 e. The Labute approximate surface area is 151 Å². The Bertz CT molecular complexity index is 798. The molecular weight excluding hydrogens is 338 g/mol. The lowest BCUT2D eigenvalue weighted by Gasteiger charge is -2.15. The molecule has 0 spiro atoms. The van der Waals surface area contributed by atoms with Crippen molar-refractivity contribution in [3.63, 3.8) is 0 Å². The van der Waals surface area contributed by atoms with E-state index in [0.717, 1.165) is 11.1 Å². The zero-order valence-electron chi connectivity index (χ0n) is 14.6. The van der Waals surface area contributed by atoms with Crippen LogP contribution in [0.3, 0.4) is 0 Å². The highest BCUT2D eigenvalue weighted by Gasteiger charge is 2.10. The van der Waals surface area contributed by atoms with Gasteiger partial charge in [-0.15, -0.1) is 0 Å². The van der Waals surface area contributed by atoms with Crippen LogP contribution in [-0.4, -0.2) is 19.6 Å². The van der Waals surface area contributed by atoms with Crippen molar-refractivity contribution in [3.8, 4) is 11.8 Å². The van der Waals surface area contributed by atoms with Crippen molar-refractivity contribution in [3.05, 3.63) is 64.7 Å². The molecule has 0 aliphatic heterocycles. The number of aliphatic imine (C=N–C) groups is 1. The summed E-state index contributed by atoms with van der Waals surface area (Å²) in [4.78, 5) is 4.12. The lowest BCUT2D eigenvalue weighted by molar-refractivity contribution is -0.0504. The van der Waals surface area contributed by atoms with Crippen LogP contribution in [0, 0.1) is 18.3 Å². The first-order valence-corrected chi connectivity index (χ1v) is 7.99. The van der Waals surface area contributed by atoms with Gasteiger partial charge in [0.1, 0.15) is 5.75 Å². The van der Waals surface area contributed by atoms with Crippen LogP contribution in [0.4, 0.5) is 8.78 Å². The summed E-state index contributed by atoms with van der Waals surface area (Å²) in [6, 6.07) is 14.3. The van der Waals surface area contributed by atoms with Gasteiger partial charge in [0.25, 0.3) is 0 Å². The third-order valence-electron chi connectivity index (χ3n) is 3.64. The molecular formula is C19H20F2N4O. The van der Waals surface area contributed by atoms with Gasteiger partial charge in [-0.3, -0.25) is 4.99 Å². The zero-order chi connectivity index (χ0) is 18.9. The summed E-state index contributed by atoms with van der Waals surface area (Å²) in [7, 11) is 1.63. The van der Waals surface area contributed by atoms with Crippen LogP contribution < -0.4 is 15.4 Å². The van der Waals surface area contributed by atoms with Crippen LogP contribution in [0.15, 0.2) is 47.5 Å². The maximum Gasteiger partial charge on any atom is 0.387 e. The SMILES string of the molecule is CN=C(NCc1ccc(C#N)cc1)NCc1cc(C)ccc1OC(F)F. The molecule has 0 heterocycles. The molecule has 136 valence electrons. The van der Waals surface area contributed by atoms with Gasteiger partial charge in [-0.05, 0) is 30.7 Å². The summed E-state index contributed by atoms with van der Waals surface area (Å²) in [6.45, 7) is -0.186. The standard InChI is InChI=1S/C19H20F2N4O/c1-13-3-8-17(26-18(20)21)16(9-13)12-25-19(23-2)24-11-15-6-4-14(10-22)5-7-15/h3-9,18H,11-12H2,1-2H3,(H2,23,24,25). The fourth-order valence-electron chi connectivity index (χ4n) is 2.34. The highest BCUT2D eigenvalue weighted by atomic mass is 19.3. The molecule has 26 heavy (non-hydrogen) atoms. The zero-order valence-corrected chi connectivity index (χ0v) is 14.6. The number of alkyl halides is 2. The van der Waals surface area contributed by atoms with E-state index in [0.29, 0.717) is 23.6 Å². The van der Waals surface area contributed by atoms with Crippen LogP contribution in [0.5, 0.6) is 5.75 Å². The molecule has 7 heteroatoms. The quantitative estimate of drug-likeness (QED) is 0.614. The molecule has 0 bridgehead atoms. The van der Waals surface area contributed by atoms with Crippen molar-refractivity contribution in [1.29, 1.82) is 5.26 Å². The van der Waals surface area contributed by atoms with Crippen molar-refractivity contribution in [2.24, 2.45) is 4.99 Å². The van der Waals surface area contributed by atoms with Crippen molar-refractivity contribution < 1.29 is 13.5 Å². The van der Waals surface area contributed by atoms with Crippen LogP contribution in [0.25, 0.3) is 0 Å². The van der Waals surface area contributed by atoms with E-state index in [2.05, 4.69) is 26.4 Å². The van der Waals surface area contributed by atoms with E-state index in [4.69, 9.17) is 5.26 Å². The van der Waals surface area contributed by atoms with E-state index >= 15 is 0 Å². The van der Waals surface area contributed by atoms with E-state index < -0.39 is 6.61 Å². The summed E-state index contributed by atoms with van der Waals surface area (Å²) in [5, 5.41) is 15.0. The predicted molar refractivity (Wildman–Crippen MR) is 96.0 cm³/mol. The van der Waals surface area contributed by atoms with Gasteiger partial charge in [0.2, 0.25) is 0 Å². The number of hydrogen-bond donors (Lipinski definition) is 2. The molecule has 0 amide bonds. The molecule has 0 aromatic heterocycles. The normalized spacial score (nSPS) is 11.2. The van der Waals surface area contributed by atoms with Gasteiger partial charge in [0.05, 0.1) is 11.6 Å². The number of hydrogen-bond acceptors (Lipinski definition) is 3. The van der Waals surface area contributed by atoms with Gasteiger partial charge in [-0.25, -0.2) is 0 Å². The summed E-state index contributed by atoms with van der Waals surface area (Å²) < 4.78 is 29.6. The maximum atomic E-state index is 12.5. The minimum atomic E-state index is -2.87. The van der Waals surface area contributed by atoms with Crippen molar-refractivity contribution in [1.82, 2.24) is 10.6 Å². The highest BCUT2D eigenvalue weighted by Crippen LogP contribution is 2.21. The summed E-state index contributed by atoms with van der Waals surface area (Å²) in [5.74, 6) is 0.666. The molecule has 0 saturated heterocycles. The third-order valence-corrected chi connectivity index (χ3v) is 3.64. The topological polar surface area (TPSA) is 69.4 Å². The molecule has 2 aromatic carbocycles. The Morgan fingerprint density at radius 2 is 1.85 bits per heavy atom. The second-order valence-corrected chi connectivity index (χ2v) is 5.58. The second-order valence-electron chi connectivity index (χ2n) is 5.58. The van der Waals surface area contributed by atoms with Gasteiger partial charge in [-0.2, -0.15) is 14.0 Å². The number of aryl methyl sites for hydroxylation is 1. The number of rotatable bonds is 6. The van der Waals surface area contributed by atoms with Crippen LogP contribution >= 0.6 is 0 Å². The second kappa shape index (κ2) is 9.37. The Balaban J connectivity index is 1.96. The molecule has 5 nitrogen and oxygen atoms in total. The van der Waals surface area contributed by atoms with E-state index in [-0.39, 0.29) is 12.3 Å². The molecule has 0 saturated carbocycles. The number of nitriles is 1. The fourth-order valence-corrected chi connectivity index (χ4v) is 2.34. The number of nitrogens with one attached hydrogen (secondary N) is 2. The smallest absolute Gasteiger partial charge is 0.387 e. The van der Waals surface area contributed by atoms with Gasteiger partial charge in [0, 0.05) is 25.7 Å². The molecule has 2 rings (SSSR count). The summed E-state index contributed by atoms with van der Waals surface area (Å²) in [6.07, 6.45) is 0. The fraction of sp³-hybridized carbons (Fsp3) is 0.263. The number of nitrogens with zero attached hydrogens (tertiary/aromatic N) is 2. The molecule has 0 radical (unpaired) electrons. The first kappa shape index (κ1) is 19.2. The summed E-state index contributed by atoms with van der Waals surface area (Å²) in [5.41, 5.74) is 3.15. The van der Waals surface area contributed by atoms with Gasteiger partial charge in [0.15, 0.2) is 5.96 Å². The number of benzene rings is 2. The van der Waals surface area contributed by atoms with Crippen molar-refractivity contribution in [2.45, 2.75) is 26.6 Å². The minimum absolute atomic E-state index is 0.139. The Kier molecular flexibility index (Phi) is 6.92. The molecule has 2 aromatic rings. The molecule has 0 unspecified atom stereocenters. The van der Waals surface area contributed by atoms with E-state index in [1.807, 2.05) is 19.1 Å². The van der Waals surface area contributed by atoms with E-state index in [1.165, 1.54) is 6.07 Å². The summed E-state index contributed by atoms with van der Waals surface area (Å²) >= 11 is 0. The first-order chi connectivity index (χ1) is 12.5. The predicted octanol–water partition coefficient (Wildman–Crippen LogP) is 3.33. The van der Waals surface area contributed by atoms with Gasteiger partial charge >= 0.3 is 6.61 Å². The third kappa shape index (κ3) is 5.74. The Morgan fingerprint density at radius 1 is 1.15 bits per heavy atom. The van der Waals surface area contributed by atoms with Crippen LogP contribution in [0.2, 0.25) is 0 Å². The average molecular weight is 358 g/mol. The molecule has 0 fully saturated rings. The molecule has 0 aliphatic rings. The molecule has 0 atom stereocenters. The number of ether oxygens (including phenoxy) is 1. The largest absolute Gasteiger partial charge is 0.434 e. The van der Waals surface area contributed by atoms with Gasteiger partial charge in [-0.1, -0.05) is 29.8 Å². The number of halogens is 2. The first-order valence-electron chi connectivity index (χ1n) is 7.99. The Hall–Kier alpha value is -3.14. The van der Waals surface area contributed by atoms with E-state index in [9.17, 15) is 8.78 Å². The van der Waals surface area contributed by atoms with Crippen LogP contribution in [0.1, 0.15) is 22.3 Å². The number of guanidine groups is 1. The molecule has 0 aliphatic carbocycles. The van der Waals surface area contributed by atoms with Crippen LogP contribution in [-0.2, 0) is 13.1 Å². The van der Waals surface area contributed by atoms with Gasteiger partial charge < -0.3 is 15.4 Å². The Morgan fingerprint density at radius 3 is 2.46 bits per heavy atom.